The Morgan fingerprint density at radius 1 is 1.33 bits per heavy atom. The number of nitrogens with one attached hydrogen (secondary N) is 2. The molecule has 30 heavy (non-hydrogen) atoms. The van der Waals surface area contributed by atoms with Crippen molar-refractivity contribution in [2.45, 2.75) is 10.9 Å². The molecule has 1 aromatic carbocycles. The minimum atomic E-state index is -3.72. The molecule has 1 atom stereocenters. The van der Waals surface area contributed by atoms with Crippen LogP contribution in [0.25, 0.3) is 0 Å². The molecule has 14 heteroatoms. The highest BCUT2D eigenvalue weighted by Crippen LogP contribution is 2.43. The van der Waals surface area contributed by atoms with E-state index in [1.165, 1.54) is 12.1 Å². The van der Waals surface area contributed by atoms with E-state index in [1.54, 1.807) is 6.19 Å². The average Bonchev–Trinajstić information content (AvgIpc) is 2.66. The van der Waals surface area contributed by atoms with Crippen LogP contribution in [-0.2, 0) is 9.84 Å². The Balaban J connectivity index is 2.35. The highest BCUT2D eigenvalue weighted by molar-refractivity contribution is 7.90. The van der Waals surface area contributed by atoms with Crippen LogP contribution >= 0.6 is 0 Å². The molecule has 6 N–H and O–H groups in total. The highest BCUT2D eigenvalue weighted by Gasteiger charge is 2.34. The molecular formula is C16H13N9O4S. The lowest BCUT2D eigenvalue weighted by molar-refractivity contribution is -0.385. The summed E-state index contributed by atoms with van der Waals surface area (Å²) in [5.41, 5.74) is 11.2. The number of fused-ring (bicyclic) bond motifs is 1. The largest absolute Gasteiger partial charge is 0.397 e. The van der Waals surface area contributed by atoms with Crippen LogP contribution in [0.1, 0.15) is 22.7 Å². The second-order valence-corrected chi connectivity index (χ2v) is 8.17. The summed E-state index contributed by atoms with van der Waals surface area (Å²) in [6, 6.07) is 3.97. The standard InChI is InChI=1S/C16H13N9O4S/c1-30(28,29)7-2-3-8(10(4-7)25(26)27)13-11-12(19)9(5-17)14(20)23-15(11)24-16(22-13)21-6-18/h2-4,13H,1H3,(H6,19,20,21,22,23,24). The number of nitro groups is 1. The Bertz CT molecular complexity index is 1310. The summed E-state index contributed by atoms with van der Waals surface area (Å²) in [5, 5.41) is 34.9. The highest BCUT2D eigenvalue weighted by atomic mass is 32.2. The summed E-state index contributed by atoms with van der Waals surface area (Å²) in [7, 11) is -3.72. The SMILES string of the molecule is CS(=O)(=O)c1ccc(C2N=C(NC#N)Nc3nc(N)c(C#N)c(N)c32)c([N+](=O)[O-])c1. The summed E-state index contributed by atoms with van der Waals surface area (Å²) in [6.45, 7) is 0. The lowest BCUT2D eigenvalue weighted by atomic mass is 9.94. The maximum absolute atomic E-state index is 11.8. The van der Waals surface area contributed by atoms with E-state index in [9.17, 15) is 23.8 Å². The minimum absolute atomic E-state index is 0.0189. The molecule has 1 aliphatic heterocycles. The van der Waals surface area contributed by atoms with Crippen molar-refractivity contribution in [3.05, 3.63) is 45.0 Å². The molecule has 0 saturated heterocycles. The van der Waals surface area contributed by atoms with Crippen molar-refractivity contribution in [3.8, 4) is 12.3 Å². The Morgan fingerprint density at radius 3 is 2.60 bits per heavy atom. The molecule has 2 heterocycles. The van der Waals surface area contributed by atoms with Crippen molar-refractivity contribution in [2.75, 3.05) is 23.0 Å². The third-order valence-corrected chi connectivity index (χ3v) is 5.39. The van der Waals surface area contributed by atoms with Gasteiger partial charge in [0.1, 0.15) is 29.3 Å². The molecule has 0 saturated carbocycles. The van der Waals surface area contributed by atoms with Gasteiger partial charge in [-0.1, -0.05) is 0 Å². The van der Waals surface area contributed by atoms with Crippen LogP contribution in [-0.4, -0.2) is 30.5 Å². The number of pyridine rings is 1. The van der Waals surface area contributed by atoms with E-state index in [0.717, 1.165) is 12.3 Å². The van der Waals surface area contributed by atoms with Crippen LogP contribution in [0.5, 0.6) is 0 Å². The van der Waals surface area contributed by atoms with Gasteiger partial charge in [0, 0.05) is 17.9 Å². The summed E-state index contributed by atoms with van der Waals surface area (Å²) >= 11 is 0. The van der Waals surface area contributed by atoms with E-state index < -0.39 is 26.5 Å². The number of nitro benzene ring substituents is 1. The Labute approximate surface area is 169 Å². The van der Waals surface area contributed by atoms with Crippen LogP contribution < -0.4 is 22.1 Å². The second kappa shape index (κ2) is 7.19. The number of nitriles is 2. The lowest BCUT2D eigenvalue weighted by Gasteiger charge is -2.26. The van der Waals surface area contributed by atoms with Crippen LogP contribution in [0.3, 0.4) is 0 Å². The Morgan fingerprint density at radius 2 is 2.03 bits per heavy atom. The summed E-state index contributed by atoms with van der Waals surface area (Å²) in [6.07, 6.45) is 2.58. The maximum Gasteiger partial charge on any atom is 0.276 e. The van der Waals surface area contributed by atoms with E-state index in [4.69, 9.17) is 16.7 Å². The molecule has 3 rings (SSSR count). The van der Waals surface area contributed by atoms with E-state index in [1.807, 2.05) is 6.07 Å². The van der Waals surface area contributed by atoms with E-state index in [2.05, 4.69) is 20.6 Å². The number of nitrogens with zero attached hydrogens (tertiary/aromatic N) is 5. The van der Waals surface area contributed by atoms with Crippen LogP contribution in [0, 0.1) is 32.9 Å². The van der Waals surface area contributed by atoms with Gasteiger partial charge in [-0.05, 0) is 12.1 Å². The number of guanidine groups is 1. The van der Waals surface area contributed by atoms with Gasteiger partial charge in [0.25, 0.3) is 5.69 Å². The molecule has 0 aliphatic carbocycles. The third-order valence-electron chi connectivity index (χ3n) is 4.28. The molecule has 0 amide bonds. The number of aromatic nitrogens is 1. The van der Waals surface area contributed by atoms with Gasteiger partial charge >= 0.3 is 0 Å². The third kappa shape index (κ3) is 3.38. The van der Waals surface area contributed by atoms with Gasteiger partial charge in [-0.3, -0.25) is 15.4 Å². The summed E-state index contributed by atoms with van der Waals surface area (Å²) in [5.74, 6) is -0.226. The molecule has 1 aliphatic rings. The Hall–Kier alpha value is -4.43. The van der Waals surface area contributed by atoms with Gasteiger partial charge in [-0.25, -0.2) is 18.4 Å². The normalized spacial score (nSPS) is 15.0. The van der Waals surface area contributed by atoms with Crippen LogP contribution in [0.15, 0.2) is 28.1 Å². The molecule has 13 nitrogen and oxygen atoms in total. The number of nitrogen functional groups attached to an aromatic ring is 2. The fourth-order valence-electron chi connectivity index (χ4n) is 2.95. The number of aliphatic imine (C=N–C) groups is 1. The molecular weight excluding hydrogens is 414 g/mol. The first-order chi connectivity index (χ1) is 14.1. The van der Waals surface area contributed by atoms with Gasteiger partial charge in [0.2, 0.25) is 5.96 Å². The van der Waals surface area contributed by atoms with Crippen molar-refractivity contribution >= 4 is 38.8 Å². The topological polar surface area (TPSA) is 226 Å². The molecule has 0 spiro atoms. The van der Waals surface area contributed by atoms with Gasteiger partial charge in [0.15, 0.2) is 16.0 Å². The first-order valence-corrected chi connectivity index (χ1v) is 9.94. The van der Waals surface area contributed by atoms with Crippen molar-refractivity contribution < 1.29 is 13.3 Å². The second-order valence-electron chi connectivity index (χ2n) is 6.15. The quantitative estimate of drug-likeness (QED) is 0.226. The first kappa shape index (κ1) is 20.3. The Kier molecular flexibility index (Phi) is 4.87. The number of rotatable bonds is 3. The molecule has 152 valence electrons. The number of hydrogen-bond acceptors (Lipinski definition) is 12. The van der Waals surface area contributed by atoms with Crippen molar-refractivity contribution in [1.82, 2.24) is 10.3 Å². The summed E-state index contributed by atoms with van der Waals surface area (Å²) in [4.78, 5) is 19.0. The van der Waals surface area contributed by atoms with Crippen LogP contribution in [0.2, 0.25) is 0 Å². The predicted molar refractivity (Wildman–Crippen MR) is 106 cm³/mol. The van der Waals surface area contributed by atoms with Crippen molar-refractivity contribution in [1.29, 1.82) is 10.5 Å². The zero-order valence-electron chi connectivity index (χ0n) is 15.2. The molecule has 1 unspecified atom stereocenters. The van der Waals surface area contributed by atoms with Crippen molar-refractivity contribution in [3.63, 3.8) is 0 Å². The molecule has 1 aromatic heterocycles. The molecule has 0 bridgehead atoms. The first-order valence-electron chi connectivity index (χ1n) is 8.05. The molecule has 0 radical (unpaired) electrons. The zero-order chi connectivity index (χ0) is 22.2. The fourth-order valence-corrected chi connectivity index (χ4v) is 3.59. The maximum atomic E-state index is 11.8. The molecule has 0 fully saturated rings. The number of anilines is 3. The van der Waals surface area contributed by atoms with Gasteiger partial charge in [-0.2, -0.15) is 10.5 Å². The van der Waals surface area contributed by atoms with Crippen molar-refractivity contribution in [2.24, 2.45) is 4.99 Å². The monoisotopic (exact) mass is 427 g/mol. The number of benzene rings is 1. The number of sulfone groups is 1. The minimum Gasteiger partial charge on any atom is -0.397 e. The van der Waals surface area contributed by atoms with Gasteiger partial charge in [-0.15, -0.1) is 0 Å². The number of hydrogen-bond donors (Lipinski definition) is 4. The number of nitrogens with two attached hydrogens (primary N) is 2. The smallest absolute Gasteiger partial charge is 0.276 e. The zero-order valence-corrected chi connectivity index (χ0v) is 16.1. The van der Waals surface area contributed by atoms with Gasteiger partial charge < -0.3 is 16.8 Å². The average molecular weight is 427 g/mol. The van der Waals surface area contributed by atoms with E-state index >= 15 is 0 Å². The molecule has 2 aromatic rings. The van der Waals surface area contributed by atoms with E-state index in [-0.39, 0.29) is 44.9 Å². The lowest BCUT2D eigenvalue weighted by Crippen LogP contribution is -2.33. The van der Waals surface area contributed by atoms with E-state index in [0.29, 0.717) is 0 Å². The van der Waals surface area contributed by atoms with Gasteiger partial charge in [0.05, 0.1) is 21.1 Å². The predicted octanol–water partition coefficient (Wildman–Crippen LogP) is 0.371. The van der Waals surface area contributed by atoms with Crippen LogP contribution in [0.4, 0.5) is 23.0 Å². The summed E-state index contributed by atoms with van der Waals surface area (Å²) < 4.78 is 23.6. The fraction of sp³-hybridized carbons (Fsp3) is 0.125.